The van der Waals surface area contributed by atoms with E-state index in [2.05, 4.69) is 5.10 Å². The van der Waals surface area contributed by atoms with E-state index in [1.807, 2.05) is 13.0 Å². The summed E-state index contributed by atoms with van der Waals surface area (Å²) in [7, 11) is 0. The van der Waals surface area contributed by atoms with Crippen molar-refractivity contribution in [1.29, 1.82) is 0 Å². The Morgan fingerprint density at radius 2 is 2.19 bits per heavy atom. The lowest BCUT2D eigenvalue weighted by Crippen LogP contribution is -2.09. The molecule has 3 rings (SSSR count). The van der Waals surface area contributed by atoms with Crippen LogP contribution in [0.4, 0.5) is 4.39 Å². The third-order valence-electron chi connectivity index (χ3n) is 3.67. The summed E-state index contributed by atoms with van der Waals surface area (Å²) >= 11 is 0. The van der Waals surface area contributed by atoms with Crippen LogP contribution < -0.4 is 0 Å². The predicted molar refractivity (Wildman–Crippen MR) is 76.2 cm³/mol. The van der Waals surface area contributed by atoms with E-state index in [0.29, 0.717) is 18.0 Å². The molecule has 0 N–H and O–H groups in total. The van der Waals surface area contributed by atoms with E-state index in [-0.39, 0.29) is 5.82 Å². The predicted octanol–water partition coefficient (Wildman–Crippen LogP) is 2.99. The highest BCUT2D eigenvalue weighted by Gasteiger charge is 2.27. The smallest absolute Gasteiger partial charge is 0.359 e. The second-order valence-electron chi connectivity index (χ2n) is 5.25. The highest BCUT2D eigenvalue weighted by atomic mass is 19.1. The largest absolute Gasteiger partial charge is 0.461 e. The molecule has 2 aromatic rings. The van der Waals surface area contributed by atoms with Crippen LogP contribution in [-0.2, 0) is 17.6 Å². The van der Waals surface area contributed by atoms with Gasteiger partial charge in [-0.3, -0.25) is 0 Å². The SMILES string of the molecule is CCOC(=O)c1nn(-c2cc(C)cc(F)c2)c2c1CCC2. The van der Waals surface area contributed by atoms with Crippen LogP contribution in [0.5, 0.6) is 0 Å². The molecular weight excluding hydrogens is 271 g/mol. The fraction of sp³-hybridized carbons (Fsp3) is 0.375. The molecule has 5 heteroatoms. The summed E-state index contributed by atoms with van der Waals surface area (Å²) in [5, 5.41) is 4.38. The number of fused-ring (bicyclic) bond motifs is 1. The number of nitrogens with zero attached hydrogens (tertiary/aromatic N) is 2. The average molecular weight is 288 g/mol. The Morgan fingerprint density at radius 1 is 1.38 bits per heavy atom. The maximum absolute atomic E-state index is 13.6. The van der Waals surface area contributed by atoms with Gasteiger partial charge in [-0.2, -0.15) is 5.10 Å². The number of aromatic nitrogens is 2. The average Bonchev–Trinajstić information content (AvgIpc) is 2.98. The Morgan fingerprint density at radius 3 is 2.90 bits per heavy atom. The van der Waals surface area contributed by atoms with Crippen molar-refractivity contribution >= 4 is 5.97 Å². The highest BCUT2D eigenvalue weighted by Crippen LogP contribution is 2.28. The number of hydrogen-bond acceptors (Lipinski definition) is 3. The first-order valence-corrected chi connectivity index (χ1v) is 7.15. The minimum Gasteiger partial charge on any atom is -0.461 e. The molecule has 0 amide bonds. The second kappa shape index (κ2) is 5.31. The molecule has 1 aliphatic carbocycles. The van der Waals surface area contributed by atoms with E-state index in [1.165, 1.54) is 12.1 Å². The van der Waals surface area contributed by atoms with Gasteiger partial charge in [0.05, 0.1) is 12.3 Å². The van der Waals surface area contributed by atoms with Gasteiger partial charge in [-0.1, -0.05) is 0 Å². The first-order valence-electron chi connectivity index (χ1n) is 7.15. The monoisotopic (exact) mass is 288 g/mol. The Bertz CT molecular complexity index is 686. The lowest BCUT2D eigenvalue weighted by Gasteiger charge is -2.07. The summed E-state index contributed by atoms with van der Waals surface area (Å²) in [6.07, 6.45) is 2.64. The summed E-state index contributed by atoms with van der Waals surface area (Å²) in [6, 6.07) is 4.77. The molecule has 0 atom stereocenters. The number of benzene rings is 1. The van der Waals surface area contributed by atoms with Gasteiger partial charge in [0.25, 0.3) is 0 Å². The van der Waals surface area contributed by atoms with Gasteiger partial charge < -0.3 is 4.74 Å². The molecule has 1 aromatic carbocycles. The molecule has 1 heterocycles. The van der Waals surface area contributed by atoms with Crippen LogP contribution in [0, 0.1) is 12.7 Å². The fourth-order valence-corrected chi connectivity index (χ4v) is 2.85. The lowest BCUT2D eigenvalue weighted by atomic mass is 10.2. The van der Waals surface area contributed by atoms with Crippen molar-refractivity contribution < 1.29 is 13.9 Å². The molecule has 0 spiro atoms. The molecular formula is C16H17FN2O2. The van der Waals surface area contributed by atoms with E-state index < -0.39 is 5.97 Å². The Labute approximate surface area is 122 Å². The van der Waals surface area contributed by atoms with Gasteiger partial charge in [-0.05, 0) is 56.9 Å². The molecule has 0 unspecified atom stereocenters. The van der Waals surface area contributed by atoms with Crippen molar-refractivity contribution in [2.75, 3.05) is 6.61 Å². The Balaban J connectivity index is 2.11. The molecule has 0 fully saturated rings. The summed E-state index contributed by atoms with van der Waals surface area (Å²) in [5.74, 6) is -0.701. The number of rotatable bonds is 3. The molecule has 0 aliphatic heterocycles. The van der Waals surface area contributed by atoms with E-state index >= 15 is 0 Å². The number of ether oxygens (including phenoxy) is 1. The molecule has 1 aliphatic rings. The normalized spacial score (nSPS) is 13.3. The van der Waals surface area contributed by atoms with Crippen molar-refractivity contribution in [1.82, 2.24) is 9.78 Å². The second-order valence-corrected chi connectivity index (χ2v) is 5.25. The molecule has 0 saturated heterocycles. The fourth-order valence-electron chi connectivity index (χ4n) is 2.85. The topological polar surface area (TPSA) is 44.1 Å². The molecule has 0 bridgehead atoms. The van der Waals surface area contributed by atoms with E-state index in [4.69, 9.17) is 4.74 Å². The summed E-state index contributed by atoms with van der Waals surface area (Å²) in [6.45, 7) is 3.92. The Hall–Kier alpha value is -2.17. The van der Waals surface area contributed by atoms with Gasteiger partial charge in [0.2, 0.25) is 0 Å². The minimum absolute atomic E-state index is 0.301. The lowest BCUT2D eigenvalue weighted by molar-refractivity contribution is 0.0517. The van der Waals surface area contributed by atoms with Crippen molar-refractivity contribution in [3.8, 4) is 5.69 Å². The number of halogens is 1. The van der Waals surface area contributed by atoms with Crippen LogP contribution in [0.15, 0.2) is 18.2 Å². The van der Waals surface area contributed by atoms with Gasteiger partial charge in [0, 0.05) is 11.3 Å². The zero-order chi connectivity index (χ0) is 15.0. The number of carbonyl (C=O) groups is 1. The van der Waals surface area contributed by atoms with Crippen LogP contribution in [0.25, 0.3) is 5.69 Å². The third kappa shape index (κ3) is 2.44. The summed E-state index contributed by atoms with van der Waals surface area (Å²) in [5.41, 5.74) is 3.77. The third-order valence-corrected chi connectivity index (χ3v) is 3.67. The van der Waals surface area contributed by atoms with Crippen molar-refractivity contribution in [3.05, 3.63) is 46.5 Å². The maximum Gasteiger partial charge on any atom is 0.359 e. The molecule has 1 aromatic heterocycles. The van der Waals surface area contributed by atoms with Gasteiger partial charge in [-0.15, -0.1) is 0 Å². The van der Waals surface area contributed by atoms with Crippen LogP contribution >= 0.6 is 0 Å². The molecule has 21 heavy (non-hydrogen) atoms. The van der Waals surface area contributed by atoms with E-state index in [1.54, 1.807) is 11.6 Å². The van der Waals surface area contributed by atoms with Crippen LogP contribution in [0.2, 0.25) is 0 Å². The molecule has 0 radical (unpaired) electrons. The maximum atomic E-state index is 13.6. The Kier molecular flexibility index (Phi) is 3.49. The van der Waals surface area contributed by atoms with Crippen LogP contribution in [-0.4, -0.2) is 22.4 Å². The molecule has 110 valence electrons. The van der Waals surface area contributed by atoms with Crippen molar-refractivity contribution in [3.63, 3.8) is 0 Å². The molecule has 0 saturated carbocycles. The van der Waals surface area contributed by atoms with Crippen LogP contribution in [0.1, 0.15) is 40.7 Å². The minimum atomic E-state index is -0.400. The van der Waals surface area contributed by atoms with E-state index in [9.17, 15) is 9.18 Å². The van der Waals surface area contributed by atoms with Gasteiger partial charge in [-0.25, -0.2) is 13.9 Å². The summed E-state index contributed by atoms with van der Waals surface area (Å²) in [4.78, 5) is 12.0. The number of carbonyl (C=O) groups excluding carboxylic acids is 1. The summed E-state index contributed by atoms with van der Waals surface area (Å²) < 4.78 is 20.4. The quantitative estimate of drug-likeness (QED) is 0.816. The number of aryl methyl sites for hydroxylation is 1. The first kappa shape index (κ1) is 13.8. The zero-order valence-corrected chi connectivity index (χ0v) is 12.1. The van der Waals surface area contributed by atoms with Gasteiger partial charge in [0.1, 0.15) is 5.82 Å². The van der Waals surface area contributed by atoms with E-state index in [0.717, 1.165) is 36.1 Å². The van der Waals surface area contributed by atoms with Crippen LogP contribution in [0.3, 0.4) is 0 Å². The first-order chi connectivity index (χ1) is 10.1. The number of hydrogen-bond donors (Lipinski definition) is 0. The van der Waals surface area contributed by atoms with Gasteiger partial charge >= 0.3 is 5.97 Å². The van der Waals surface area contributed by atoms with Crippen molar-refractivity contribution in [2.24, 2.45) is 0 Å². The standard InChI is InChI=1S/C16H17FN2O2/c1-3-21-16(20)15-13-5-4-6-14(13)19(18-15)12-8-10(2)7-11(17)9-12/h7-9H,3-6H2,1-2H3. The number of esters is 1. The molecule has 4 nitrogen and oxygen atoms in total. The zero-order valence-electron chi connectivity index (χ0n) is 12.1. The van der Waals surface area contributed by atoms with Gasteiger partial charge in [0.15, 0.2) is 5.69 Å². The van der Waals surface area contributed by atoms with Crippen molar-refractivity contribution in [2.45, 2.75) is 33.1 Å². The highest BCUT2D eigenvalue weighted by molar-refractivity contribution is 5.89.